The zero-order valence-electron chi connectivity index (χ0n) is 13.7. The Morgan fingerprint density at radius 1 is 1.38 bits per heavy atom. The molecule has 2 rings (SSSR count). The van der Waals surface area contributed by atoms with E-state index in [4.69, 9.17) is 4.74 Å². The van der Waals surface area contributed by atoms with Gasteiger partial charge in [0.2, 0.25) is 0 Å². The molecule has 1 fully saturated rings. The second-order valence-corrected chi connectivity index (χ2v) is 6.41. The smallest absolute Gasteiger partial charge is 0.194 e. The van der Waals surface area contributed by atoms with Crippen molar-refractivity contribution in [3.05, 3.63) is 35.4 Å². The Kier molecular flexibility index (Phi) is 5.58. The van der Waals surface area contributed by atoms with Crippen LogP contribution in [0.2, 0.25) is 0 Å². The number of hydrogen-bond acceptors (Lipinski definition) is 2. The third-order valence-electron chi connectivity index (χ3n) is 4.52. The first-order valence-corrected chi connectivity index (χ1v) is 8.39. The van der Waals surface area contributed by atoms with Crippen molar-refractivity contribution in [3.8, 4) is 0 Å². The summed E-state index contributed by atoms with van der Waals surface area (Å²) in [5.41, 5.74) is 1.49. The number of carbonyl (C=O) groups is 1. The maximum Gasteiger partial charge on any atom is 0.194 e. The predicted octanol–water partition coefficient (Wildman–Crippen LogP) is 4.81. The van der Waals surface area contributed by atoms with Gasteiger partial charge in [-0.2, -0.15) is 0 Å². The number of rotatable bonds is 6. The van der Waals surface area contributed by atoms with Crippen molar-refractivity contribution in [1.82, 2.24) is 0 Å². The second-order valence-electron chi connectivity index (χ2n) is 6.41. The summed E-state index contributed by atoms with van der Waals surface area (Å²) in [5.74, 6) is 0.752. The van der Waals surface area contributed by atoms with Gasteiger partial charge in [0.05, 0.1) is 0 Å². The highest BCUT2D eigenvalue weighted by atomic mass is 16.5. The van der Waals surface area contributed by atoms with E-state index in [1.165, 1.54) is 12.0 Å². The molecule has 0 saturated heterocycles. The molecule has 0 bridgehead atoms. The number of carbonyl (C=O) groups excluding carboxylic acids is 1. The highest BCUT2D eigenvalue weighted by Gasteiger charge is 2.42. The van der Waals surface area contributed by atoms with Gasteiger partial charge in [0.25, 0.3) is 0 Å². The Bertz CT molecular complexity index is 476. The third-order valence-corrected chi connectivity index (χ3v) is 4.52. The minimum Gasteiger partial charge on any atom is -0.367 e. The number of ether oxygens (including phenoxy) is 1. The van der Waals surface area contributed by atoms with Gasteiger partial charge in [-0.25, -0.2) is 0 Å². The number of Topliss-reactive ketones (excluding diaryl/α,β-unsaturated/α-hetero) is 1. The highest BCUT2D eigenvalue weighted by Crippen LogP contribution is 2.37. The van der Waals surface area contributed by atoms with Crippen LogP contribution in [0.4, 0.5) is 0 Å². The molecule has 2 unspecified atom stereocenters. The first-order valence-electron chi connectivity index (χ1n) is 8.39. The SMILES string of the molecule is CCCc1cccc(C(=O)C2(OCC)CCCC(C)C2)c1. The molecule has 2 nitrogen and oxygen atoms in total. The van der Waals surface area contributed by atoms with Crippen LogP contribution in [0, 0.1) is 5.92 Å². The van der Waals surface area contributed by atoms with E-state index in [2.05, 4.69) is 26.0 Å². The Morgan fingerprint density at radius 3 is 2.86 bits per heavy atom. The molecule has 1 aliphatic rings. The van der Waals surface area contributed by atoms with Gasteiger partial charge in [-0.15, -0.1) is 0 Å². The van der Waals surface area contributed by atoms with Crippen molar-refractivity contribution in [2.24, 2.45) is 5.92 Å². The number of ketones is 1. The largest absolute Gasteiger partial charge is 0.367 e. The first kappa shape index (κ1) is 16.2. The van der Waals surface area contributed by atoms with Crippen molar-refractivity contribution in [2.45, 2.75) is 64.9 Å². The molecule has 0 spiro atoms. The van der Waals surface area contributed by atoms with Gasteiger partial charge in [-0.1, -0.05) is 44.9 Å². The molecular weight excluding hydrogens is 260 g/mol. The molecule has 0 amide bonds. The molecule has 1 aromatic rings. The first-order chi connectivity index (χ1) is 10.1. The lowest BCUT2D eigenvalue weighted by Gasteiger charge is -2.38. The molecule has 0 N–H and O–H groups in total. The van der Waals surface area contributed by atoms with Crippen LogP contribution in [0.1, 0.15) is 68.8 Å². The van der Waals surface area contributed by atoms with E-state index in [1.54, 1.807) is 0 Å². The predicted molar refractivity (Wildman–Crippen MR) is 86.8 cm³/mol. The molecule has 2 atom stereocenters. The van der Waals surface area contributed by atoms with Gasteiger partial charge in [0, 0.05) is 12.2 Å². The van der Waals surface area contributed by atoms with Gasteiger partial charge in [0.15, 0.2) is 5.78 Å². The van der Waals surface area contributed by atoms with Crippen LogP contribution in [-0.2, 0) is 11.2 Å². The molecule has 2 heteroatoms. The van der Waals surface area contributed by atoms with E-state index in [0.29, 0.717) is 12.5 Å². The standard InChI is InChI=1S/C19H28O2/c1-4-8-16-10-6-11-17(13-16)18(20)19(21-5-2)12-7-9-15(3)14-19/h6,10-11,13,15H,4-5,7-9,12,14H2,1-3H3. The molecule has 21 heavy (non-hydrogen) atoms. The van der Waals surface area contributed by atoms with E-state index in [-0.39, 0.29) is 5.78 Å². The van der Waals surface area contributed by atoms with Crippen LogP contribution in [0.15, 0.2) is 24.3 Å². The van der Waals surface area contributed by atoms with Crippen LogP contribution in [0.5, 0.6) is 0 Å². The average Bonchev–Trinajstić information content (AvgIpc) is 2.47. The van der Waals surface area contributed by atoms with E-state index >= 15 is 0 Å². The minimum atomic E-state index is -0.586. The molecule has 116 valence electrons. The normalized spacial score (nSPS) is 25.8. The summed E-state index contributed by atoms with van der Waals surface area (Å²) in [6.45, 7) is 6.99. The zero-order valence-corrected chi connectivity index (χ0v) is 13.7. The topological polar surface area (TPSA) is 26.3 Å². The summed E-state index contributed by atoms with van der Waals surface area (Å²) in [6, 6.07) is 8.12. The van der Waals surface area contributed by atoms with Crippen LogP contribution in [0.25, 0.3) is 0 Å². The van der Waals surface area contributed by atoms with Gasteiger partial charge in [0.1, 0.15) is 5.60 Å². The molecule has 0 aromatic heterocycles. The maximum atomic E-state index is 13.1. The quantitative estimate of drug-likeness (QED) is 0.702. The monoisotopic (exact) mass is 288 g/mol. The third kappa shape index (κ3) is 3.74. The van der Waals surface area contributed by atoms with E-state index in [9.17, 15) is 4.79 Å². The lowest BCUT2D eigenvalue weighted by Crippen LogP contribution is -2.45. The molecule has 0 heterocycles. The van der Waals surface area contributed by atoms with E-state index in [0.717, 1.165) is 37.7 Å². The summed E-state index contributed by atoms with van der Waals surface area (Å²) in [4.78, 5) is 13.1. The van der Waals surface area contributed by atoms with E-state index in [1.807, 2.05) is 19.1 Å². The Labute approximate surface area is 128 Å². The summed E-state index contributed by atoms with van der Waals surface area (Å²) < 4.78 is 6.01. The van der Waals surface area contributed by atoms with Crippen LogP contribution in [-0.4, -0.2) is 18.0 Å². The number of hydrogen-bond donors (Lipinski definition) is 0. The van der Waals surface area contributed by atoms with Crippen LogP contribution >= 0.6 is 0 Å². The van der Waals surface area contributed by atoms with Crippen molar-refractivity contribution in [3.63, 3.8) is 0 Å². The van der Waals surface area contributed by atoms with E-state index < -0.39 is 5.60 Å². The molecule has 1 aromatic carbocycles. The molecule has 1 saturated carbocycles. The fraction of sp³-hybridized carbons (Fsp3) is 0.632. The van der Waals surface area contributed by atoms with Crippen LogP contribution < -0.4 is 0 Å². The van der Waals surface area contributed by atoms with Crippen LogP contribution in [0.3, 0.4) is 0 Å². The Hall–Kier alpha value is -1.15. The van der Waals surface area contributed by atoms with Gasteiger partial charge >= 0.3 is 0 Å². The lowest BCUT2D eigenvalue weighted by atomic mass is 9.74. The Morgan fingerprint density at radius 2 is 2.19 bits per heavy atom. The summed E-state index contributed by atoms with van der Waals surface area (Å²) in [6.07, 6.45) is 6.14. The summed E-state index contributed by atoms with van der Waals surface area (Å²) in [5, 5.41) is 0. The summed E-state index contributed by atoms with van der Waals surface area (Å²) >= 11 is 0. The molecule has 0 radical (unpaired) electrons. The van der Waals surface area contributed by atoms with Crippen molar-refractivity contribution < 1.29 is 9.53 Å². The van der Waals surface area contributed by atoms with Crippen molar-refractivity contribution in [1.29, 1.82) is 0 Å². The fourth-order valence-corrected chi connectivity index (χ4v) is 3.60. The average molecular weight is 288 g/mol. The van der Waals surface area contributed by atoms with Crippen molar-refractivity contribution >= 4 is 5.78 Å². The summed E-state index contributed by atoms with van der Waals surface area (Å²) in [7, 11) is 0. The fourth-order valence-electron chi connectivity index (χ4n) is 3.60. The van der Waals surface area contributed by atoms with Gasteiger partial charge < -0.3 is 4.74 Å². The second kappa shape index (κ2) is 7.22. The lowest BCUT2D eigenvalue weighted by molar-refractivity contribution is -0.0511. The molecule has 1 aliphatic carbocycles. The minimum absolute atomic E-state index is 0.189. The number of benzene rings is 1. The van der Waals surface area contributed by atoms with Gasteiger partial charge in [-0.3, -0.25) is 4.79 Å². The maximum absolute atomic E-state index is 13.1. The van der Waals surface area contributed by atoms with Gasteiger partial charge in [-0.05, 0) is 50.2 Å². The molecular formula is C19H28O2. The van der Waals surface area contributed by atoms with Crippen molar-refractivity contribution in [2.75, 3.05) is 6.61 Å². The molecule has 0 aliphatic heterocycles. The number of aryl methyl sites for hydroxylation is 1. The highest BCUT2D eigenvalue weighted by molar-refractivity contribution is 6.02. The Balaban J connectivity index is 2.27. The zero-order chi connectivity index (χ0) is 15.3.